The van der Waals surface area contributed by atoms with Gasteiger partial charge in [-0.05, 0) is 26.7 Å². The maximum absolute atomic E-state index is 4.43. The molecular formula is C11H19N3. The van der Waals surface area contributed by atoms with Crippen molar-refractivity contribution in [2.24, 2.45) is 0 Å². The molecule has 0 N–H and O–H groups in total. The van der Waals surface area contributed by atoms with Crippen LogP contribution in [0.1, 0.15) is 51.1 Å². The van der Waals surface area contributed by atoms with Gasteiger partial charge in [-0.3, -0.25) is 0 Å². The first-order chi connectivity index (χ1) is 6.51. The molecule has 3 heteroatoms. The highest BCUT2D eigenvalue weighted by Crippen LogP contribution is 2.27. The average Bonchev–Trinajstić information content (AvgIpc) is 2.15. The van der Waals surface area contributed by atoms with E-state index in [1.165, 1.54) is 0 Å². The summed E-state index contributed by atoms with van der Waals surface area (Å²) in [6.45, 7) is 10.4. The van der Waals surface area contributed by atoms with Crippen molar-refractivity contribution in [2.75, 3.05) is 0 Å². The van der Waals surface area contributed by atoms with E-state index in [4.69, 9.17) is 0 Å². The molecule has 1 aromatic heterocycles. The predicted octanol–water partition coefficient (Wildman–Crippen LogP) is 2.57. The molecule has 0 aliphatic heterocycles. The summed E-state index contributed by atoms with van der Waals surface area (Å²) in [5.41, 5.74) is 0.0957. The van der Waals surface area contributed by atoms with Crippen molar-refractivity contribution in [1.29, 1.82) is 0 Å². The van der Waals surface area contributed by atoms with Crippen molar-refractivity contribution >= 4 is 0 Å². The lowest BCUT2D eigenvalue weighted by molar-refractivity contribution is 0.407. The van der Waals surface area contributed by atoms with Gasteiger partial charge in [0, 0.05) is 5.41 Å². The summed E-state index contributed by atoms with van der Waals surface area (Å²) in [4.78, 5) is 13.0. The van der Waals surface area contributed by atoms with E-state index in [-0.39, 0.29) is 5.41 Å². The minimum absolute atomic E-state index is 0.0957. The average molecular weight is 193 g/mol. The lowest BCUT2D eigenvalue weighted by Gasteiger charge is -2.24. The van der Waals surface area contributed by atoms with Crippen molar-refractivity contribution in [3.63, 3.8) is 0 Å². The lowest BCUT2D eigenvalue weighted by Crippen LogP contribution is -2.24. The van der Waals surface area contributed by atoms with Crippen molar-refractivity contribution < 1.29 is 0 Å². The van der Waals surface area contributed by atoms with Crippen LogP contribution < -0.4 is 0 Å². The number of hydrogen-bond acceptors (Lipinski definition) is 3. The van der Waals surface area contributed by atoms with Crippen LogP contribution in [-0.2, 0) is 5.41 Å². The Hall–Kier alpha value is -0.990. The monoisotopic (exact) mass is 193 g/mol. The minimum Gasteiger partial charge on any atom is -0.219 e. The molecule has 1 rings (SSSR count). The van der Waals surface area contributed by atoms with Gasteiger partial charge in [-0.15, -0.1) is 0 Å². The molecule has 14 heavy (non-hydrogen) atoms. The quantitative estimate of drug-likeness (QED) is 0.740. The Bertz CT molecular complexity index is 296. The van der Waals surface area contributed by atoms with E-state index >= 15 is 0 Å². The fourth-order valence-electron chi connectivity index (χ4n) is 1.45. The highest BCUT2D eigenvalue weighted by Gasteiger charge is 2.26. The summed E-state index contributed by atoms with van der Waals surface area (Å²) in [6.07, 6.45) is 2.12. The van der Waals surface area contributed by atoms with Crippen molar-refractivity contribution in [1.82, 2.24) is 15.0 Å². The molecule has 0 radical (unpaired) electrons. The molecule has 0 fully saturated rings. The van der Waals surface area contributed by atoms with Gasteiger partial charge in [-0.2, -0.15) is 0 Å². The standard InChI is InChI=1S/C11H19N3/c1-6-11(5,7-2)10-13-8(3)12-9(4)14-10/h6-7H2,1-5H3. The van der Waals surface area contributed by atoms with E-state index in [9.17, 15) is 0 Å². The Morgan fingerprint density at radius 2 is 1.36 bits per heavy atom. The first-order valence-corrected chi connectivity index (χ1v) is 5.21. The first-order valence-electron chi connectivity index (χ1n) is 5.21. The summed E-state index contributed by atoms with van der Waals surface area (Å²) in [5, 5.41) is 0. The van der Waals surface area contributed by atoms with Gasteiger partial charge < -0.3 is 0 Å². The second kappa shape index (κ2) is 4.03. The fraction of sp³-hybridized carbons (Fsp3) is 0.727. The topological polar surface area (TPSA) is 38.7 Å². The summed E-state index contributed by atoms with van der Waals surface area (Å²) >= 11 is 0. The normalized spacial score (nSPS) is 11.8. The third kappa shape index (κ3) is 2.08. The second-order valence-electron chi connectivity index (χ2n) is 4.02. The van der Waals surface area contributed by atoms with E-state index < -0.39 is 0 Å². The van der Waals surface area contributed by atoms with Crippen LogP contribution in [0.2, 0.25) is 0 Å². The van der Waals surface area contributed by atoms with Gasteiger partial charge in [0.2, 0.25) is 0 Å². The number of nitrogens with zero attached hydrogens (tertiary/aromatic N) is 3. The van der Waals surface area contributed by atoms with Gasteiger partial charge in [0.15, 0.2) is 0 Å². The number of rotatable bonds is 3. The van der Waals surface area contributed by atoms with Crippen LogP contribution >= 0.6 is 0 Å². The molecule has 0 amide bonds. The molecule has 0 bridgehead atoms. The van der Waals surface area contributed by atoms with Gasteiger partial charge in [0.1, 0.15) is 17.5 Å². The van der Waals surface area contributed by atoms with E-state index in [0.717, 1.165) is 30.3 Å². The third-order valence-corrected chi connectivity index (χ3v) is 2.96. The summed E-state index contributed by atoms with van der Waals surface area (Å²) in [5.74, 6) is 2.58. The number of aromatic nitrogens is 3. The van der Waals surface area contributed by atoms with Crippen LogP contribution in [-0.4, -0.2) is 15.0 Å². The largest absolute Gasteiger partial charge is 0.219 e. The molecule has 0 unspecified atom stereocenters. The Kier molecular flexibility index (Phi) is 3.19. The molecule has 0 aromatic carbocycles. The maximum atomic E-state index is 4.43. The Balaban J connectivity index is 3.17. The van der Waals surface area contributed by atoms with Crippen LogP contribution in [0, 0.1) is 13.8 Å². The lowest BCUT2D eigenvalue weighted by atomic mass is 9.84. The van der Waals surface area contributed by atoms with Gasteiger partial charge >= 0.3 is 0 Å². The Labute approximate surface area is 86.0 Å². The molecule has 0 aliphatic carbocycles. The van der Waals surface area contributed by atoms with Gasteiger partial charge in [-0.1, -0.05) is 20.8 Å². The van der Waals surface area contributed by atoms with Crippen LogP contribution in [0.4, 0.5) is 0 Å². The molecule has 3 nitrogen and oxygen atoms in total. The van der Waals surface area contributed by atoms with Gasteiger partial charge in [0.05, 0.1) is 0 Å². The maximum Gasteiger partial charge on any atom is 0.138 e. The highest BCUT2D eigenvalue weighted by molar-refractivity contribution is 5.07. The molecule has 0 spiro atoms. The van der Waals surface area contributed by atoms with Crippen LogP contribution in [0.3, 0.4) is 0 Å². The molecule has 0 saturated heterocycles. The summed E-state index contributed by atoms with van der Waals surface area (Å²) in [6, 6.07) is 0. The van der Waals surface area contributed by atoms with E-state index in [2.05, 4.69) is 35.7 Å². The molecule has 1 heterocycles. The molecular weight excluding hydrogens is 174 g/mol. The van der Waals surface area contributed by atoms with Crippen molar-refractivity contribution in [3.8, 4) is 0 Å². The van der Waals surface area contributed by atoms with Gasteiger partial charge in [0.25, 0.3) is 0 Å². The highest BCUT2D eigenvalue weighted by atomic mass is 15.0. The van der Waals surface area contributed by atoms with Crippen LogP contribution in [0.25, 0.3) is 0 Å². The zero-order valence-electron chi connectivity index (χ0n) is 9.76. The number of aryl methyl sites for hydroxylation is 2. The fourth-order valence-corrected chi connectivity index (χ4v) is 1.45. The van der Waals surface area contributed by atoms with Crippen LogP contribution in [0.15, 0.2) is 0 Å². The number of hydrogen-bond donors (Lipinski definition) is 0. The zero-order valence-corrected chi connectivity index (χ0v) is 9.76. The molecule has 1 aromatic rings. The van der Waals surface area contributed by atoms with Gasteiger partial charge in [-0.25, -0.2) is 15.0 Å². The second-order valence-corrected chi connectivity index (χ2v) is 4.02. The first kappa shape index (κ1) is 11.1. The van der Waals surface area contributed by atoms with Crippen molar-refractivity contribution in [2.45, 2.75) is 52.9 Å². The van der Waals surface area contributed by atoms with Crippen LogP contribution in [0.5, 0.6) is 0 Å². The molecule has 0 aliphatic rings. The molecule has 0 saturated carbocycles. The summed E-state index contributed by atoms with van der Waals surface area (Å²) in [7, 11) is 0. The molecule has 78 valence electrons. The SMILES string of the molecule is CCC(C)(CC)c1nc(C)nc(C)n1. The minimum atomic E-state index is 0.0957. The van der Waals surface area contributed by atoms with E-state index in [1.807, 2.05) is 13.8 Å². The van der Waals surface area contributed by atoms with E-state index in [0.29, 0.717) is 0 Å². The zero-order chi connectivity index (χ0) is 10.8. The summed E-state index contributed by atoms with van der Waals surface area (Å²) < 4.78 is 0. The third-order valence-electron chi connectivity index (χ3n) is 2.96. The Morgan fingerprint density at radius 1 is 0.929 bits per heavy atom. The molecule has 0 atom stereocenters. The van der Waals surface area contributed by atoms with Crippen molar-refractivity contribution in [3.05, 3.63) is 17.5 Å². The Morgan fingerprint density at radius 3 is 1.71 bits per heavy atom. The predicted molar refractivity (Wildman–Crippen MR) is 57.2 cm³/mol. The van der Waals surface area contributed by atoms with E-state index in [1.54, 1.807) is 0 Å². The smallest absolute Gasteiger partial charge is 0.138 e.